The van der Waals surface area contributed by atoms with E-state index in [1.54, 1.807) is 19.2 Å². The molecule has 3 aromatic carbocycles. The highest BCUT2D eigenvalue weighted by molar-refractivity contribution is 6.46. The van der Waals surface area contributed by atoms with Crippen molar-refractivity contribution in [2.45, 2.75) is 38.5 Å². The van der Waals surface area contributed by atoms with Crippen molar-refractivity contribution in [2.24, 2.45) is 0 Å². The van der Waals surface area contributed by atoms with Crippen molar-refractivity contribution in [1.82, 2.24) is 4.90 Å². The molecule has 0 saturated carbocycles. The number of Topliss-reactive ketones (excluding diaryl/α,β-unsaturated/α-hetero) is 1. The van der Waals surface area contributed by atoms with Crippen LogP contribution in [0.4, 0.5) is 0 Å². The molecule has 196 valence electrons. The zero-order valence-electron chi connectivity index (χ0n) is 21.6. The van der Waals surface area contributed by atoms with Gasteiger partial charge in [0.25, 0.3) is 11.7 Å². The highest BCUT2D eigenvalue weighted by Crippen LogP contribution is 2.41. The number of rotatable bonds is 9. The Bertz CT molecular complexity index is 1350. The molecule has 0 aromatic heterocycles. The van der Waals surface area contributed by atoms with E-state index >= 15 is 0 Å². The molecule has 7 nitrogen and oxygen atoms in total. The third-order valence-corrected chi connectivity index (χ3v) is 6.90. The molecule has 3 aromatic rings. The van der Waals surface area contributed by atoms with Crippen LogP contribution in [-0.4, -0.2) is 48.1 Å². The Morgan fingerprint density at radius 3 is 2.55 bits per heavy atom. The lowest BCUT2D eigenvalue weighted by atomic mass is 9.94. The lowest BCUT2D eigenvalue weighted by molar-refractivity contribution is -0.140. The molecule has 7 heteroatoms. The summed E-state index contributed by atoms with van der Waals surface area (Å²) < 4.78 is 16.9. The molecule has 5 rings (SSSR count). The number of ether oxygens (including phenoxy) is 3. The fraction of sp³-hybridized carbons (Fsp3) is 0.290. The highest BCUT2D eigenvalue weighted by atomic mass is 16.5. The molecule has 1 N–H and O–H groups in total. The number of likely N-dealkylation sites (tertiary alicyclic amines) is 1. The fourth-order valence-corrected chi connectivity index (χ4v) is 5.05. The quantitative estimate of drug-likeness (QED) is 0.187. The van der Waals surface area contributed by atoms with Crippen LogP contribution in [0.25, 0.3) is 5.76 Å². The number of carbonyl (C=O) groups is 2. The topological polar surface area (TPSA) is 85.3 Å². The Morgan fingerprint density at radius 2 is 1.82 bits per heavy atom. The standard InChI is InChI=1S/C31H31NO6/c1-20-17-24-18-23(11-14-26(24)38-20)29(33)27-28(32(15-6-16-36-2)31(35)30(27)34)22-9-12-25(13-10-22)37-19-21-7-4-3-5-8-21/h3-5,7-14,18,20,28,33H,6,15-17,19H2,1-2H3. The van der Waals surface area contributed by atoms with Crippen LogP contribution in [0.15, 0.2) is 78.4 Å². The zero-order chi connectivity index (χ0) is 26.6. The number of benzene rings is 3. The smallest absolute Gasteiger partial charge is 0.295 e. The van der Waals surface area contributed by atoms with Crippen molar-refractivity contribution >= 4 is 17.4 Å². The third-order valence-electron chi connectivity index (χ3n) is 6.90. The van der Waals surface area contributed by atoms with Gasteiger partial charge in [-0.2, -0.15) is 0 Å². The van der Waals surface area contributed by atoms with Crippen LogP contribution >= 0.6 is 0 Å². The monoisotopic (exact) mass is 513 g/mol. The molecule has 38 heavy (non-hydrogen) atoms. The minimum atomic E-state index is -0.724. The number of hydrogen-bond acceptors (Lipinski definition) is 6. The molecule has 1 fully saturated rings. The fourth-order valence-electron chi connectivity index (χ4n) is 5.05. The van der Waals surface area contributed by atoms with Gasteiger partial charge in [-0.25, -0.2) is 0 Å². The third kappa shape index (κ3) is 5.15. The zero-order valence-corrected chi connectivity index (χ0v) is 21.6. The van der Waals surface area contributed by atoms with E-state index in [1.807, 2.05) is 67.6 Å². The molecule has 0 radical (unpaired) electrons. The molecule has 0 bridgehead atoms. The van der Waals surface area contributed by atoms with Gasteiger partial charge in [0.15, 0.2) is 0 Å². The average Bonchev–Trinajstić information content (AvgIpc) is 3.43. The van der Waals surface area contributed by atoms with E-state index in [0.29, 0.717) is 43.1 Å². The van der Waals surface area contributed by atoms with Crippen LogP contribution in [0.3, 0.4) is 0 Å². The van der Waals surface area contributed by atoms with Crippen molar-refractivity contribution in [1.29, 1.82) is 0 Å². The van der Waals surface area contributed by atoms with E-state index < -0.39 is 17.7 Å². The summed E-state index contributed by atoms with van der Waals surface area (Å²) in [7, 11) is 1.60. The van der Waals surface area contributed by atoms with Crippen LogP contribution in [0, 0.1) is 0 Å². The molecule has 2 atom stereocenters. The molecule has 2 aliphatic heterocycles. The Hall–Kier alpha value is -4.10. The summed E-state index contributed by atoms with van der Waals surface area (Å²) >= 11 is 0. The van der Waals surface area contributed by atoms with E-state index in [1.165, 1.54) is 4.90 Å². The van der Waals surface area contributed by atoms with Gasteiger partial charge in [0, 0.05) is 32.2 Å². The summed E-state index contributed by atoms with van der Waals surface area (Å²) in [6.45, 7) is 3.18. The minimum absolute atomic E-state index is 0.0522. The van der Waals surface area contributed by atoms with Crippen LogP contribution < -0.4 is 9.47 Å². The van der Waals surface area contributed by atoms with Crippen LogP contribution in [-0.2, 0) is 27.4 Å². The second-order valence-corrected chi connectivity index (χ2v) is 9.64. The Kier molecular flexibility index (Phi) is 7.47. The first-order valence-corrected chi connectivity index (χ1v) is 12.8. The highest BCUT2D eigenvalue weighted by Gasteiger charge is 2.45. The molecule has 1 saturated heterocycles. The maximum Gasteiger partial charge on any atom is 0.295 e. The van der Waals surface area contributed by atoms with Crippen molar-refractivity contribution in [3.8, 4) is 11.5 Å². The normalized spacial score (nSPS) is 19.9. The first kappa shape index (κ1) is 25.5. The van der Waals surface area contributed by atoms with Gasteiger partial charge >= 0.3 is 0 Å². The Balaban J connectivity index is 1.47. The van der Waals surface area contributed by atoms with E-state index in [9.17, 15) is 14.7 Å². The van der Waals surface area contributed by atoms with Gasteiger partial charge in [-0.05, 0) is 60.4 Å². The Morgan fingerprint density at radius 1 is 1.05 bits per heavy atom. The van der Waals surface area contributed by atoms with Crippen LogP contribution in [0.1, 0.15) is 41.6 Å². The molecular formula is C31H31NO6. The second-order valence-electron chi connectivity index (χ2n) is 9.64. The number of ketones is 1. The van der Waals surface area contributed by atoms with Gasteiger partial charge in [-0.15, -0.1) is 0 Å². The number of amides is 1. The maximum absolute atomic E-state index is 13.3. The maximum atomic E-state index is 13.3. The average molecular weight is 514 g/mol. The van der Waals surface area contributed by atoms with Crippen molar-refractivity contribution in [2.75, 3.05) is 20.3 Å². The molecule has 0 aliphatic carbocycles. The molecule has 1 amide bonds. The summed E-state index contributed by atoms with van der Waals surface area (Å²) in [5.74, 6) is -0.0673. The number of carbonyl (C=O) groups excluding carboxylic acids is 2. The molecule has 2 unspecified atom stereocenters. The van der Waals surface area contributed by atoms with Crippen LogP contribution in [0.2, 0.25) is 0 Å². The summed E-state index contributed by atoms with van der Waals surface area (Å²) in [5.41, 5.74) is 3.30. The number of aliphatic hydroxyl groups is 1. The SMILES string of the molecule is COCCCN1C(=O)C(=O)C(=C(O)c2ccc3c(c2)CC(C)O3)C1c1ccc(OCc2ccccc2)cc1. The predicted molar refractivity (Wildman–Crippen MR) is 143 cm³/mol. The van der Waals surface area contributed by atoms with Gasteiger partial charge in [0.1, 0.15) is 30.0 Å². The number of aliphatic hydroxyl groups excluding tert-OH is 1. The summed E-state index contributed by atoms with van der Waals surface area (Å²) in [6, 6.07) is 21.8. The molecular weight excluding hydrogens is 482 g/mol. The van der Waals surface area contributed by atoms with Gasteiger partial charge in [0.05, 0.1) is 11.6 Å². The largest absolute Gasteiger partial charge is 0.507 e. The molecule has 2 heterocycles. The summed E-state index contributed by atoms with van der Waals surface area (Å²) in [5, 5.41) is 11.4. The number of nitrogens with zero attached hydrogens (tertiary/aromatic N) is 1. The van der Waals surface area contributed by atoms with Gasteiger partial charge < -0.3 is 24.2 Å². The lowest BCUT2D eigenvalue weighted by Crippen LogP contribution is -2.31. The van der Waals surface area contributed by atoms with Crippen molar-refractivity contribution in [3.63, 3.8) is 0 Å². The van der Waals surface area contributed by atoms with Crippen molar-refractivity contribution < 1.29 is 28.9 Å². The van der Waals surface area contributed by atoms with Gasteiger partial charge in [-0.3, -0.25) is 9.59 Å². The van der Waals surface area contributed by atoms with E-state index in [-0.39, 0.29) is 17.4 Å². The lowest BCUT2D eigenvalue weighted by Gasteiger charge is -2.25. The number of methoxy groups -OCH3 is 1. The number of fused-ring (bicyclic) bond motifs is 1. The van der Waals surface area contributed by atoms with Crippen molar-refractivity contribution in [3.05, 3.63) is 101 Å². The first-order chi connectivity index (χ1) is 18.5. The second kappa shape index (κ2) is 11.1. The van der Waals surface area contributed by atoms with Gasteiger partial charge in [0.2, 0.25) is 0 Å². The molecule has 0 spiro atoms. The van der Waals surface area contributed by atoms with Gasteiger partial charge in [-0.1, -0.05) is 42.5 Å². The van der Waals surface area contributed by atoms with E-state index in [2.05, 4.69) is 0 Å². The number of hydrogen-bond donors (Lipinski definition) is 1. The van der Waals surface area contributed by atoms with E-state index in [4.69, 9.17) is 14.2 Å². The van der Waals surface area contributed by atoms with E-state index in [0.717, 1.165) is 23.3 Å². The summed E-state index contributed by atoms with van der Waals surface area (Å²) in [6.07, 6.45) is 1.33. The molecule has 2 aliphatic rings. The predicted octanol–water partition coefficient (Wildman–Crippen LogP) is 5.05. The summed E-state index contributed by atoms with van der Waals surface area (Å²) in [4.78, 5) is 27.9. The first-order valence-electron chi connectivity index (χ1n) is 12.8. The Labute approximate surface area is 222 Å². The minimum Gasteiger partial charge on any atom is -0.507 e. The van der Waals surface area contributed by atoms with Crippen LogP contribution in [0.5, 0.6) is 11.5 Å².